The van der Waals surface area contributed by atoms with Gasteiger partial charge in [0.05, 0.1) is 0 Å². The van der Waals surface area contributed by atoms with E-state index in [4.69, 9.17) is 0 Å². The molecular weight excluding hydrogens is 210 g/mol. The molecule has 0 aromatic rings. The molecule has 2 saturated heterocycles. The largest absolute Gasteiger partial charge is 0.316 e. The molecule has 0 aliphatic carbocycles. The van der Waals surface area contributed by atoms with Crippen molar-refractivity contribution in [3.05, 3.63) is 0 Å². The second kappa shape index (κ2) is 7.34. The standard InChI is InChI=1S/C14H29N3/c1-2-3-7-16-8-10-17(11-9-16)13-14-5-4-6-15-12-14/h14-15H,2-13H2,1H3/t14-/m1/s1. The monoisotopic (exact) mass is 239 g/mol. The molecule has 2 aliphatic heterocycles. The van der Waals surface area contributed by atoms with Crippen LogP contribution in [0.5, 0.6) is 0 Å². The molecule has 1 atom stereocenters. The summed E-state index contributed by atoms with van der Waals surface area (Å²) in [5, 5.41) is 3.52. The second-order valence-corrected chi connectivity index (χ2v) is 5.71. The Morgan fingerprint density at radius 1 is 1.12 bits per heavy atom. The number of nitrogens with zero attached hydrogens (tertiary/aromatic N) is 2. The third-order valence-electron chi connectivity index (χ3n) is 4.21. The van der Waals surface area contributed by atoms with E-state index in [0.717, 1.165) is 5.92 Å². The highest BCUT2D eigenvalue weighted by Gasteiger charge is 2.20. The number of nitrogens with one attached hydrogen (secondary N) is 1. The highest BCUT2D eigenvalue weighted by molar-refractivity contribution is 4.77. The molecule has 0 saturated carbocycles. The van der Waals surface area contributed by atoms with Gasteiger partial charge in [-0.3, -0.25) is 0 Å². The van der Waals surface area contributed by atoms with Crippen LogP contribution in [0.4, 0.5) is 0 Å². The van der Waals surface area contributed by atoms with Gasteiger partial charge in [-0.1, -0.05) is 13.3 Å². The summed E-state index contributed by atoms with van der Waals surface area (Å²) in [5.74, 6) is 0.908. The lowest BCUT2D eigenvalue weighted by atomic mass is 9.99. The van der Waals surface area contributed by atoms with Crippen LogP contribution in [0, 0.1) is 5.92 Å². The minimum atomic E-state index is 0.908. The van der Waals surface area contributed by atoms with Crippen LogP contribution in [-0.4, -0.2) is 62.2 Å². The lowest BCUT2D eigenvalue weighted by molar-refractivity contribution is 0.111. The summed E-state index contributed by atoms with van der Waals surface area (Å²) in [6.45, 7) is 12.6. The third kappa shape index (κ3) is 4.57. The first-order chi connectivity index (χ1) is 8.38. The highest BCUT2D eigenvalue weighted by Crippen LogP contribution is 2.13. The summed E-state index contributed by atoms with van der Waals surface area (Å²) in [4.78, 5) is 5.32. The molecule has 2 fully saturated rings. The van der Waals surface area contributed by atoms with Crippen LogP contribution in [0.3, 0.4) is 0 Å². The van der Waals surface area contributed by atoms with E-state index in [2.05, 4.69) is 22.0 Å². The molecule has 3 nitrogen and oxygen atoms in total. The molecule has 0 bridgehead atoms. The number of rotatable bonds is 5. The first-order valence-electron chi connectivity index (χ1n) is 7.54. The fourth-order valence-corrected chi connectivity index (χ4v) is 3.02. The first-order valence-corrected chi connectivity index (χ1v) is 7.54. The average molecular weight is 239 g/mol. The summed E-state index contributed by atoms with van der Waals surface area (Å²) in [5.41, 5.74) is 0. The summed E-state index contributed by atoms with van der Waals surface area (Å²) >= 11 is 0. The molecule has 3 heteroatoms. The zero-order valence-corrected chi connectivity index (χ0v) is 11.5. The number of unbranched alkanes of at least 4 members (excludes halogenated alkanes) is 1. The van der Waals surface area contributed by atoms with Gasteiger partial charge in [-0.05, 0) is 44.8 Å². The summed E-state index contributed by atoms with van der Waals surface area (Å²) in [7, 11) is 0. The second-order valence-electron chi connectivity index (χ2n) is 5.71. The fourth-order valence-electron chi connectivity index (χ4n) is 3.02. The van der Waals surface area contributed by atoms with Crippen molar-refractivity contribution in [1.29, 1.82) is 0 Å². The number of hydrogen-bond acceptors (Lipinski definition) is 3. The number of piperidine rings is 1. The maximum Gasteiger partial charge on any atom is 0.0110 e. The van der Waals surface area contributed by atoms with Gasteiger partial charge >= 0.3 is 0 Å². The van der Waals surface area contributed by atoms with Crippen LogP contribution >= 0.6 is 0 Å². The maximum atomic E-state index is 3.52. The quantitative estimate of drug-likeness (QED) is 0.782. The zero-order chi connectivity index (χ0) is 11.9. The molecule has 0 spiro atoms. The fraction of sp³-hybridized carbons (Fsp3) is 1.00. The van der Waals surface area contributed by atoms with Crippen LogP contribution in [0.15, 0.2) is 0 Å². The normalized spacial score (nSPS) is 28.4. The van der Waals surface area contributed by atoms with E-state index < -0.39 is 0 Å². The molecule has 2 heterocycles. The Bertz CT molecular complexity index is 194. The minimum Gasteiger partial charge on any atom is -0.316 e. The topological polar surface area (TPSA) is 18.5 Å². The van der Waals surface area contributed by atoms with Crippen molar-refractivity contribution >= 4 is 0 Å². The number of hydrogen-bond donors (Lipinski definition) is 1. The van der Waals surface area contributed by atoms with Crippen LogP contribution in [-0.2, 0) is 0 Å². The average Bonchev–Trinajstić information content (AvgIpc) is 2.39. The molecule has 17 heavy (non-hydrogen) atoms. The van der Waals surface area contributed by atoms with Crippen molar-refractivity contribution in [2.75, 3.05) is 52.4 Å². The van der Waals surface area contributed by atoms with Crippen molar-refractivity contribution in [3.63, 3.8) is 0 Å². The van der Waals surface area contributed by atoms with E-state index in [1.54, 1.807) is 0 Å². The lowest BCUT2D eigenvalue weighted by Crippen LogP contribution is -2.49. The molecule has 0 aromatic heterocycles. The Balaban J connectivity index is 1.61. The van der Waals surface area contributed by atoms with Crippen LogP contribution in [0.1, 0.15) is 32.6 Å². The van der Waals surface area contributed by atoms with Gasteiger partial charge in [-0.15, -0.1) is 0 Å². The number of piperazine rings is 1. The van der Waals surface area contributed by atoms with Crippen molar-refractivity contribution in [2.45, 2.75) is 32.6 Å². The van der Waals surface area contributed by atoms with Gasteiger partial charge in [0.2, 0.25) is 0 Å². The van der Waals surface area contributed by atoms with Crippen molar-refractivity contribution < 1.29 is 0 Å². The summed E-state index contributed by atoms with van der Waals surface area (Å²) in [6.07, 6.45) is 5.50. The van der Waals surface area contributed by atoms with E-state index in [-0.39, 0.29) is 0 Å². The Labute approximate surface area is 107 Å². The van der Waals surface area contributed by atoms with Gasteiger partial charge in [0.15, 0.2) is 0 Å². The van der Waals surface area contributed by atoms with E-state index in [1.165, 1.54) is 78.0 Å². The van der Waals surface area contributed by atoms with Gasteiger partial charge in [0.1, 0.15) is 0 Å². The first kappa shape index (κ1) is 13.3. The molecule has 2 aliphatic rings. The van der Waals surface area contributed by atoms with E-state index in [0.29, 0.717) is 0 Å². The predicted octanol–water partition coefficient (Wildman–Crippen LogP) is 1.40. The molecule has 2 rings (SSSR count). The maximum absolute atomic E-state index is 3.52. The van der Waals surface area contributed by atoms with Gasteiger partial charge < -0.3 is 15.1 Å². The molecule has 0 amide bonds. The Kier molecular flexibility index (Phi) is 5.75. The predicted molar refractivity (Wildman–Crippen MR) is 73.4 cm³/mol. The molecule has 1 N–H and O–H groups in total. The highest BCUT2D eigenvalue weighted by atomic mass is 15.3. The van der Waals surface area contributed by atoms with Crippen LogP contribution in [0.25, 0.3) is 0 Å². The van der Waals surface area contributed by atoms with E-state index in [1.807, 2.05) is 0 Å². The SMILES string of the molecule is CCCCN1CCN(C[C@@H]2CCCNC2)CC1. The van der Waals surface area contributed by atoms with Crippen LogP contribution in [0.2, 0.25) is 0 Å². The van der Waals surface area contributed by atoms with E-state index in [9.17, 15) is 0 Å². The van der Waals surface area contributed by atoms with Gasteiger partial charge in [-0.2, -0.15) is 0 Å². The molecule has 0 aromatic carbocycles. The van der Waals surface area contributed by atoms with Gasteiger partial charge in [0.25, 0.3) is 0 Å². The summed E-state index contributed by atoms with van der Waals surface area (Å²) in [6, 6.07) is 0. The molecule has 100 valence electrons. The summed E-state index contributed by atoms with van der Waals surface area (Å²) < 4.78 is 0. The van der Waals surface area contributed by atoms with Crippen molar-refractivity contribution in [2.24, 2.45) is 5.92 Å². The van der Waals surface area contributed by atoms with Crippen molar-refractivity contribution in [1.82, 2.24) is 15.1 Å². The Hall–Kier alpha value is -0.120. The third-order valence-corrected chi connectivity index (χ3v) is 4.21. The molecule has 0 unspecified atom stereocenters. The minimum absolute atomic E-state index is 0.908. The smallest absolute Gasteiger partial charge is 0.0110 e. The lowest BCUT2D eigenvalue weighted by Gasteiger charge is -2.37. The van der Waals surface area contributed by atoms with Crippen molar-refractivity contribution in [3.8, 4) is 0 Å². The van der Waals surface area contributed by atoms with Crippen LogP contribution < -0.4 is 5.32 Å². The Morgan fingerprint density at radius 3 is 2.53 bits per heavy atom. The molecular formula is C14H29N3. The van der Waals surface area contributed by atoms with Gasteiger partial charge in [0, 0.05) is 32.7 Å². The van der Waals surface area contributed by atoms with E-state index >= 15 is 0 Å². The zero-order valence-electron chi connectivity index (χ0n) is 11.5. The Morgan fingerprint density at radius 2 is 1.88 bits per heavy atom. The molecule has 0 radical (unpaired) electrons. The van der Waals surface area contributed by atoms with Gasteiger partial charge in [-0.25, -0.2) is 0 Å².